The number of hydrogen-bond acceptors (Lipinski definition) is 4. The van der Waals surface area contributed by atoms with Gasteiger partial charge in [0.05, 0.1) is 11.6 Å². The Morgan fingerprint density at radius 1 is 1.12 bits per heavy atom. The Morgan fingerprint density at radius 3 is 2.12 bits per heavy atom. The molecule has 0 bridgehead atoms. The van der Waals surface area contributed by atoms with Crippen LogP contribution in [0.4, 0.5) is 0 Å². The van der Waals surface area contributed by atoms with Crippen LogP contribution in [0, 0.1) is 5.41 Å². The minimum absolute atomic E-state index is 0.0192. The number of amides is 1. The van der Waals surface area contributed by atoms with Crippen molar-refractivity contribution in [2.45, 2.75) is 84.6 Å². The molecule has 1 amide bonds. The highest BCUT2D eigenvalue weighted by Crippen LogP contribution is 2.53. The molecule has 1 aromatic rings. The zero-order chi connectivity index (χ0) is 24.8. The van der Waals surface area contributed by atoms with Crippen molar-refractivity contribution >= 4 is 16.2 Å². The normalized spacial score (nSPS) is 21.2. The Balaban J connectivity index is 0.000000433. The number of ether oxygens (including phenoxy) is 1. The topological polar surface area (TPSA) is 64.8 Å². The van der Waals surface area contributed by atoms with E-state index in [1.165, 1.54) is 5.56 Å². The summed E-state index contributed by atoms with van der Waals surface area (Å²) in [6.45, 7) is 18.9. The average Bonchev–Trinajstić information content (AvgIpc) is 2.95. The molecule has 6 heteroatoms. The first-order chi connectivity index (χ1) is 14.5. The third kappa shape index (κ3) is 9.05. The van der Waals surface area contributed by atoms with Gasteiger partial charge >= 0.3 is 0 Å². The molecule has 1 aliphatic heterocycles. The fourth-order valence-electron chi connectivity index (χ4n) is 3.40. The van der Waals surface area contributed by atoms with Crippen molar-refractivity contribution in [3.05, 3.63) is 35.9 Å². The molecule has 0 aliphatic carbocycles. The summed E-state index contributed by atoms with van der Waals surface area (Å²) in [6.07, 6.45) is 5.82. The van der Waals surface area contributed by atoms with E-state index in [-0.39, 0.29) is 27.7 Å². The maximum absolute atomic E-state index is 12.4. The van der Waals surface area contributed by atoms with E-state index in [0.29, 0.717) is 19.8 Å². The molecule has 1 aliphatic rings. The van der Waals surface area contributed by atoms with Crippen molar-refractivity contribution in [1.82, 2.24) is 4.90 Å². The summed E-state index contributed by atoms with van der Waals surface area (Å²) >= 11 is 0. The van der Waals surface area contributed by atoms with Crippen molar-refractivity contribution in [2.75, 3.05) is 32.4 Å². The monoisotopic (exact) mass is 468 g/mol. The Kier molecular flexibility index (Phi) is 10.3. The van der Waals surface area contributed by atoms with Gasteiger partial charge < -0.3 is 19.6 Å². The van der Waals surface area contributed by atoms with Crippen LogP contribution in [0.1, 0.15) is 79.8 Å². The van der Waals surface area contributed by atoms with E-state index in [0.717, 1.165) is 13.0 Å². The summed E-state index contributed by atoms with van der Waals surface area (Å²) in [5, 5.41) is 0. The van der Waals surface area contributed by atoms with Crippen molar-refractivity contribution < 1.29 is 13.7 Å². The second-order valence-corrected chi connectivity index (χ2v) is 15.4. The number of nitrogens with zero attached hydrogens (tertiary/aromatic N) is 1. The Morgan fingerprint density at radius 2 is 1.69 bits per heavy atom. The summed E-state index contributed by atoms with van der Waals surface area (Å²) in [4.78, 5) is 14.5. The van der Waals surface area contributed by atoms with Gasteiger partial charge in [-0.3, -0.25) is 4.79 Å². The molecule has 1 unspecified atom stereocenters. The standard InChI is InChI=1S/C19H29NO2.C7H19NOS/c1-15(16-9-7-6-8-10-16)20-14-19(5,13-17(20)21)11-12-22-18(2,3)4;1-7(2,3)10(4,5)9-6-8/h6-10,15H,11-14H2,1-5H3;6,8H2,1-5H3/t15?,19-;/m0./s1. The molecule has 1 heterocycles. The summed E-state index contributed by atoms with van der Waals surface area (Å²) in [5.74, 6) is 0.259. The lowest BCUT2D eigenvalue weighted by atomic mass is 9.86. The van der Waals surface area contributed by atoms with Gasteiger partial charge in [0.2, 0.25) is 5.91 Å². The van der Waals surface area contributed by atoms with Crippen LogP contribution >= 0.6 is 10.3 Å². The smallest absolute Gasteiger partial charge is 0.223 e. The largest absolute Gasteiger partial charge is 0.376 e. The van der Waals surface area contributed by atoms with Crippen LogP contribution in [0.5, 0.6) is 0 Å². The van der Waals surface area contributed by atoms with Gasteiger partial charge in [0, 0.05) is 24.3 Å². The number of rotatable bonds is 7. The molecule has 2 N–H and O–H groups in total. The van der Waals surface area contributed by atoms with E-state index in [1.54, 1.807) is 0 Å². The van der Waals surface area contributed by atoms with Gasteiger partial charge in [-0.2, -0.15) is 0 Å². The van der Waals surface area contributed by atoms with E-state index in [2.05, 4.69) is 80.0 Å². The number of hydrogen-bond donors (Lipinski definition) is 1. The maximum Gasteiger partial charge on any atom is 0.223 e. The van der Waals surface area contributed by atoms with Crippen LogP contribution in [0.3, 0.4) is 0 Å². The van der Waals surface area contributed by atoms with Crippen molar-refractivity contribution in [3.63, 3.8) is 0 Å². The zero-order valence-corrected chi connectivity index (χ0v) is 23.0. The summed E-state index contributed by atoms with van der Waals surface area (Å²) in [5.41, 5.74) is 6.41. The van der Waals surface area contributed by atoms with E-state index in [9.17, 15) is 4.79 Å². The molecule has 32 heavy (non-hydrogen) atoms. The highest BCUT2D eigenvalue weighted by molar-refractivity contribution is 8.29. The fourth-order valence-corrected chi connectivity index (χ4v) is 4.10. The molecule has 0 spiro atoms. The molecule has 0 aromatic heterocycles. The quantitative estimate of drug-likeness (QED) is 0.507. The highest BCUT2D eigenvalue weighted by Gasteiger charge is 2.41. The molecular weight excluding hydrogens is 420 g/mol. The second kappa shape index (κ2) is 11.4. The molecule has 0 radical (unpaired) electrons. The van der Waals surface area contributed by atoms with Gasteiger partial charge in [-0.1, -0.05) is 58.0 Å². The van der Waals surface area contributed by atoms with E-state index >= 15 is 0 Å². The highest BCUT2D eigenvalue weighted by atomic mass is 32.3. The van der Waals surface area contributed by atoms with Crippen molar-refractivity contribution in [3.8, 4) is 0 Å². The van der Waals surface area contributed by atoms with Gasteiger partial charge in [-0.05, 0) is 57.6 Å². The molecule has 5 nitrogen and oxygen atoms in total. The molecule has 186 valence electrons. The van der Waals surface area contributed by atoms with Crippen LogP contribution in [0.2, 0.25) is 0 Å². The van der Waals surface area contributed by atoms with Crippen molar-refractivity contribution in [2.24, 2.45) is 11.1 Å². The van der Waals surface area contributed by atoms with Crippen LogP contribution in [0.25, 0.3) is 0 Å². The van der Waals surface area contributed by atoms with E-state index in [1.807, 2.05) is 23.1 Å². The zero-order valence-electron chi connectivity index (χ0n) is 22.2. The predicted octanol–water partition coefficient (Wildman–Crippen LogP) is 5.89. The molecule has 1 saturated heterocycles. The molecule has 2 rings (SSSR count). The third-order valence-electron chi connectivity index (χ3n) is 6.28. The van der Waals surface area contributed by atoms with Gasteiger partial charge in [-0.25, -0.2) is 0 Å². The van der Waals surface area contributed by atoms with E-state index in [4.69, 9.17) is 14.7 Å². The first-order valence-corrected chi connectivity index (χ1v) is 13.9. The SMILES string of the molecule is CC(C)(C)S(C)(C)OCN.CC(c1ccccc1)N1C[C@@](C)(CCOC(C)(C)C)CC1=O. The lowest BCUT2D eigenvalue weighted by Gasteiger charge is -2.43. The number of carbonyl (C=O) groups excluding carboxylic acids is 1. The summed E-state index contributed by atoms with van der Waals surface area (Å²) in [6, 6.07) is 10.4. The summed E-state index contributed by atoms with van der Waals surface area (Å²) < 4.78 is 11.5. The average molecular weight is 469 g/mol. The molecule has 2 atom stereocenters. The number of likely N-dealkylation sites (tertiary alicyclic amines) is 1. The molecule has 0 saturated carbocycles. The Bertz CT molecular complexity index is 710. The van der Waals surface area contributed by atoms with Crippen LogP contribution in [-0.4, -0.2) is 53.5 Å². The first-order valence-electron chi connectivity index (χ1n) is 11.6. The second-order valence-electron chi connectivity index (χ2n) is 11.4. The lowest BCUT2D eigenvalue weighted by Crippen LogP contribution is -2.31. The van der Waals surface area contributed by atoms with E-state index < -0.39 is 10.3 Å². The van der Waals surface area contributed by atoms with Gasteiger partial charge in [-0.15, -0.1) is 10.3 Å². The predicted molar refractivity (Wildman–Crippen MR) is 139 cm³/mol. The van der Waals surface area contributed by atoms with Crippen LogP contribution < -0.4 is 5.73 Å². The lowest BCUT2D eigenvalue weighted by molar-refractivity contribution is -0.129. The molecule has 1 fully saturated rings. The van der Waals surface area contributed by atoms with Gasteiger partial charge in [0.25, 0.3) is 0 Å². The fraction of sp³-hybridized carbons (Fsp3) is 0.731. The number of nitrogens with two attached hydrogens (primary N) is 1. The Labute approximate surface area is 198 Å². The van der Waals surface area contributed by atoms with Crippen LogP contribution in [-0.2, 0) is 13.7 Å². The maximum atomic E-state index is 12.4. The van der Waals surface area contributed by atoms with Gasteiger partial charge in [0.1, 0.15) is 6.73 Å². The minimum atomic E-state index is -0.973. The van der Waals surface area contributed by atoms with Gasteiger partial charge in [0.15, 0.2) is 0 Å². The minimum Gasteiger partial charge on any atom is -0.376 e. The molecular formula is C26H48N2O3S. The Hall–Kier alpha value is -1.08. The van der Waals surface area contributed by atoms with Crippen molar-refractivity contribution in [1.29, 1.82) is 0 Å². The third-order valence-corrected chi connectivity index (χ3v) is 9.95. The molecule has 1 aromatic carbocycles. The number of carbonyl (C=O) groups is 1. The van der Waals surface area contributed by atoms with Crippen LogP contribution in [0.15, 0.2) is 30.3 Å². The first kappa shape index (κ1) is 29.0. The number of benzene rings is 1. The summed E-state index contributed by atoms with van der Waals surface area (Å²) in [7, 11) is -0.973.